The van der Waals surface area contributed by atoms with Crippen molar-refractivity contribution >= 4 is 15.9 Å². The number of carbonyl (C=O) groups excluding carboxylic acids is 1. The second kappa shape index (κ2) is 6.43. The quantitative estimate of drug-likeness (QED) is 0.746. The van der Waals surface area contributed by atoms with Gasteiger partial charge in [0.25, 0.3) is 10.1 Å². The molecule has 4 atom stereocenters. The van der Waals surface area contributed by atoms with E-state index in [9.17, 15) is 13.2 Å². The standard InChI is InChI=1S/C20H28O5S/c1-13-6-8-14(9-7-13)26(22,23)25-17-12-20(5)11-16(21)15(17)10-18(20)24-19(2,3)4/h6-9,15,17-18H,10-12H2,1-5H3/t15-,17+,18+,20-/m1/s1. The van der Waals surface area contributed by atoms with Gasteiger partial charge < -0.3 is 4.74 Å². The van der Waals surface area contributed by atoms with Crippen LogP contribution in [0.1, 0.15) is 52.5 Å². The van der Waals surface area contributed by atoms with Crippen LogP contribution < -0.4 is 0 Å². The maximum absolute atomic E-state index is 12.6. The minimum Gasteiger partial charge on any atom is -0.372 e. The highest BCUT2D eigenvalue weighted by Crippen LogP contribution is 2.52. The van der Waals surface area contributed by atoms with Crippen molar-refractivity contribution in [2.24, 2.45) is 11.3 Å². The number of hydrogen-bond donors (Lipinski definition) is 0. The molecule has 0 heterocycles. The Morgan fingerprint density at radius 3 is 2.31 bits per heavy atom. The summed E-state index contributed by atoms with van der Waals surface area (Å²) < 4.78 is 37.0. The van der Waals surface area contributed by atoms with E-state index in [0.717, 1.165) is 5.56 Å². The monoisotopic (exact) mass is 380 g/mol. The van der Waals surface area contributed by atoms with Gasteiger partial charge in [0, 0.05) is 17.8 Å². The fourth-order valence-electron chi connectivity index (χ4n) is 4.10. The average molecular weight is 381 g/mol. The van der Waals surface area contributed by atoms with E-state index in [1.54, 1.807) is 24.3 Å². The van der Waals surface area contributed by atoms with Gasteiger partial charge in [0.2, 0.25) is 0 Å². The summed E-state index contributed by atoms with van der Waals surface area (Å²) in [6.45, 7) is 9.89. The second-order valence-electron chi connectivity index (χ2n) is 8.96. The van der Waals surface area contributed by atoms with E-state index in [0.29, 0.717) is 19.3 Å². The highest BCUT2D eigenvalue weighted by atomic mass is 32.2. The van der Waals surface area contributed by atoms with E-state index in [4.69, 9.17) is 8.92 Å². The fourth-order valence-corrected chi connectivity index (χ4v) is 5.20. The molecule has 3 aliphatic rings. The molecule has 144 valence electrons. The number of rotatable bonds is 4. The summed E-state index contributed by atoms with van der Waals surface area (Å²) >= 11 is 0. The smallest absolute Gasteiger partial charge is 0.297 e. The Labute approximate surface area is 156 Å². The zero-order valence-electron chi connectivity index (χ0n) is 16.1. The van der Waals surface area contributed by atoms with Gasteiger partial charge in [0.05, 0.1) is 22.7 Å². The van der Waals surface area contributed by atoms with Gasteiger partial charge in [-0.25, -0.2) is 0 Å². The number of fused-ring (bicyclic) bond motifs is 3. The summed E-state index contributed by atoms with van der Waals surface area (Å²) in [5.41, 5.74) is 0.274. The molecule has 1 aromatic carbocycles. The Kier molecular flexibility index (Phi) is 4.83. The number of ketones is 1. The topological polar surface area (TPSA) is 69.7 Å². The van der Waals surface area contributed by atoms with E-state index < -0.39 is 27.6 Å². The Bertz CT molecular complexity index is 790. The largest absolute Gasteiger partial charge is 0.372 e. The third-order valence-corrected chi connectivity index (χ3v) is 6.76. The van der Waals surface area contributed by atoms with Gasteiger partial charge in [-0.3, -0.25) is 8.98 Å². The van der Waals surface area contributed by atoms with Crippen LogP contribution >= 0.6 is 0 Å². The molecule has 2 bridgehead atoms. The molecule has 6 heteroatoms. The van der Waals surface area contributed by atoms with Gasteiger partial charge in [-0.15, -0.1) is 0 Å². The molecule has 0 saturated heterocycles. The maximum Gasteiger partial charge on any atom is 0.297 e. The molecule has 3 aliphatic carbocycles. The van der Waals surface area contributed by atoms with Crippen molar-refractivity contribution in [3.05, 3.63) is 29.8 Å². The van der Waals surface area contributed by atoms with Crippen molar-refractivity contribution in [3.8, 4) is 0 Å². The molecule has 0 aromatic heterocycles. The summed E-state index contributed by atoms with van der Waals surface area (Å²) in [7, 11) is -3.89. The zero-order valence-corrected chi connectivity index (χ0v) is 16.9. The predicted molar refractivity (Wildman–Crippen MR) is 98.3 cm³/mol. The van der Waals surface area contributed by atoms with Gasteiger partial charge in [0.15, 0.2) is 0 Å². The molecule has 0 N–H and O–H groups in total. The number of benzene rings is 1. The van der Waals surface area contributed by atoms with Crippen LogP contribution in [0.4, 0.5) is 0 Å². The van der Waals surface area contributed by atoms with Gasteiger partial charge >= 0.3 is 0 Å². The summed E-state index contributed by atoms with van der Waals surface area (Å²) in [5, 5.41) is 0. The lowest BCUT2D eigenvalue weighted by molar-refractivity contribution is -0.187. The number of ether oxygens (including phenoxy) is 1. The van der Waals surface area contributed by atoms with Gasteiger partial charge in [-0.2, -0.15) is 8.42 Å². The zero-order chi connectivity index (χ0) is 19.3. The van der Waals surface area contributed by atoms with Gasteiger partial charge in [-0.1, -0.05) is 24.6 Å². The molecule has 3 fully saturated rings. The lowest BCUT2D eigenvalue weighted by atomic mass is 9.58. The minimum absolute atomic E-state index is 0.0628. The summed E-state index contributed by atoms with van der Waals surface area (Å²) in [5.74, 6) is -0.346. The Morgan fingerprint density at radius 1 is 1.15 bits per heavy atom. The maximum atomic E-state index is 12.6. The number of Topliss-reactive ketones (excluding diaryl/α,β-unsaturated/α-hetero) is 1. The molecule has 26 heavy (non-hydrogen) atoms. The first-order valence-electron chi connectivity index (χ1n) is 9.10. The Hall–Kier alpha value is -1.24. The normalized spacial score (nSPS) is 32.0. The van der Waals surface area contributed by atoms with E-state index in [-0.39, 0.29) is 22.4 Å². The molecule has 4 rings (SSSR count). The first-order chi connectivity index (χ1) is 11.9. The van der Waals surface area contributed by atoms with Crippen molar-refractivity contribution in [1.29, 1.82) is 0 Å². The third kappa shape index (κ3) is 3.87. The average Bonchev–Trinajstić information content (AvgIpc) is 2.47. The molecule has 1 aromatic rings. The molecule has 0 amide bonds. The SMILES string of the molecule is Cc1ccc(S(=O)(=O)O[C@H]2C[C@@]3(C)CC(=O)[C@H]2C[C@@H]3OC(C)(C)C)cc1. The molecule has 3 saturated carbocycles. The molecule has 0 unspecified atom stereocenters. The van der Waals surface area contributed by atoms with Crippen molar-refractivity contribution in [3.63, 3.8) is 0 Å². The van der Waals surface area contributed by atoms with Crippen LogP contribution in [-0.2, 0) is 23.8 Å². The van der Waals surface area contributed by atoms with E-state index in [1.807, 2.05) is 34.6 Å². The lowest BCUT2D eigenvalue weighted by Crippen LogP contribution is -2.58. The first-order valence-corrected chi connectivity index (χ1v) is 10.5. The van der Waals surface area contributed by atoms with Crippen molar-refractivity contribution in [2.75, 3.05) is 0 Å². The summed E-state index contributed by atoms with van der Waals surface area (Å²) in [6.07, 6.45) is 0.762. The Morgan fingerprint density at radius 2 is 1.77 bits per heavy atom. The molecular formula is C20H28O5S. The minimum atomic E-state index is -3.89. The van der Waals surface area contributed by atoms with Gasteiger partial charge in [0.1, 0.15) is 5.78 Å². The van der Waals surface area contributed by atoms with Crippen LogP contribution in [0, 0.1) is 18.3 Å². The molecule has 5 nitrogen and oxygen atoms in total. The lowest BCUT2D eigenvalue weighted by Gasteiger charge is -2.53. The van der Waals surface area contributed by atoms with Crippen molar-refractivity contribution in [2.45, 2.75) is 76.6 Å². The Balaban J connectivity index is 1.81. The van der Waals surface area contributed by atoms with Crippen LogP contribution in [-0.4, -0.2) is 32.0 Å². The van der Waals surface area contributed by atoms with Gasteiger partial charge in [-0.05, 0) is 52.7 Å². The molecule has 0 aliphatic heterocycles. The van der Waals surface area contributed by atoms with E-state index in [1.165, 1.54) is 0 Å². The van der Waals surface area contributed by atoms with Crippen LogP contribution in [0.2, 0.25) is 0 Å². The summed E-state index contributed by atoms with van der Waals surface area (Å²) in [4.78, 5) is 12.6. The van der Waals surface area contributed by atoms with Crippen LogP contribution in [0.3, 0.4) is 0 Å². The molecular weight excluding hydrogens is 352 g/mol. The second-order valence-corrected chi connectivity index (χ2v) is 10.5. The van der Waals surface area contributed by atoms with Crippen molar-refractivity contribution < 1.29 is 22.1 Å². The number of aryl methyl sites for hydroxylation is 1. The van der Waals surface area contributed by atoms with Crippen LogP contribution in [0.25, 0.3) is 0 Å². The highest BCUT2D eigenvalue weighted by Gasteiger charge is 2.56. The van der Waals surface area contributed by atoms with E-state index >= 15 is 0 Å². The third-order valence-electron chi connectivity index (χ3n) is 5.41. The fraction of sp³-hybridized carbons (Fsp3) is 0.650. The van der Waals surface area contributed by atoms with Crippen LogP contribution in [0.15, 0.2) is 29.2 Å². The predicted octanol–water partition coefficient (Wildman–Crippen LogP) is 3.64. The first kappa shape index (κ1) is 19.5. The molecule has 0 radical (unpaired) electrons. The number of carbonyl (C=O) groups is 1. The van der Waals surface area contributed by atoms with E-state index in [2.05, 4.69) is 0 Å². The highest BCUT2D eigenvalue weighted by molar-refractivity contribution is 7.86. The molecule has 0 spiro atoms. The summed E-state index contributed by atoms with van der Waals surface area (Å²) in [6, 6.07) is 6.56. The van der Waals surface area contributed by atoms with Crippen LogP contribution in [0.5, 0.6) is 0 Å². The van der Waals surface area contributed by atoms with Crippen molar-refractivity contribution in [1.82, 2.24) is 0 Å². The number of hydrogen-bond acceptors (Lipinski definition) is 5.